The van der Waals surface area contributed by atoms with Crippen LogP contribution >= 0.6 is 11.6 Å². The quantitative estimate of drug-likeness (QED) is 0.187. The van der Waals surface area contributed by atoms with E-state index >= 15 is 0 Å². The first-order valence-corrected chi connectivity index (χ1v) is 13.3. The van der Waals surface area contributed by atoms with Gasteiger partial charge in [0.15, 0.2) is 0 Å². The number of amides is 4. The summed E-state index contributed by atoms with van der Waals surface area (Å²) in [7, 11) is 2.18. The molecule has 3 aromatic rings. The van der Waals surface area contributed by atoms with Gasteiger partial charge in [-0.05, 0) is 48.9 Å². The van der Waals surface area contributed by atoms with Crippen molar-refractivity contribution in [2.45, 2.75) is 18.8 Å². The van der Waals surface area contributed by atoms with Crippen molar-refractivity contribution in [3.63, 3.8) is 0 Å². The Morgan fingerprint density at radius 1 is 0.891 bits per heavy atom. The molecule has 0 fully saturated rings. The molecule has 0 spiro atoms. The fourth-order valence-corrected chi connectivity index (χ4v) is 3.77. The molecule has 46 heavy (non-hydrogen) atoms. The summed E-state index contributed by atoms with van der Waals surface area (Å²) in [5, 5.41) is 6.98. The number of carbonyl (C=O) groups excluding carboxylic acids is 4. The molecule has 11 nitrogen and oxygen atoms in total. The first-order chi connectivity index (χ1) is 21.5. The summed E-state index contributed by atoms with van der Waals surface area (Å²) in [6.07, 6.45) is -9.25. The van der Waals surface area contributed by atoms with Crippen LogP contribution in [-0.2, 0) is 9.59 Å². The van der Waals surface area contributed by atoms with E-state index in [9.17, 15) is 45.5 Å². The summed E-state index contributed by atoms with van der Waals surface area (Å²) >= 11 is 5.82. The van der Waals surface area contributed by atoms with Crippen LogP contribution in [-0.4, -0.2) is 68.3 Å². The van der Waals surface area contributed by atoms with E-state index in [4.69, 9.17) is 21.1 Å². The molecule has 1 aromatic heterocycles. The van der Waals surface area contributed by atoms with Crippen LogP contribution in [0.4, 0.5) is 43.5 Å². The Morgan fingerprint density at radius 2 is 1.59 bits per heavy atom. The van der Waals surface area contributed by atoms with E-state index in [0.29, 0.717) is 5.02 Å². The number of hydrogen-bond donors (Lipinski definition) is 3. The lowest BCUT2D eigenvalue weighted by atomic mass is 10.1. The van der Waals surface area contributed by atoms with Crippen LogP contribution in [0.2, 0.25) is 5.02 Å². The monoisotopic (exact) mass is 675 g/mol. The number of halogens is 7. The van der Waals surface area contributed by atoms with Crippen LogP contribution in [0.15, 0.2) is 54.7 Å². The van der Waals surface area contributed by atoms with Gasteiger partial charge in [-0.15, -0.1) is 0 Å². The molecule has 0 bridgehead atoms. The molecule has 0 saturated heterocycles. The fraction of sp³-hybridized carbons (Fsp3) is 0.250. The smallest absolute Gasteiger partial charge is 0.471 e. The average molecular weight is 676 g/mol. The van der Waals surface area contributed by atoms with E-state index in [2.05, 4.69) is 15.6 Å². The standard InChI is InChI=1S/C28H24ClF6N5O6/c1-40(26(44)28(33,34)35)16-5-7-18(21(12-16)46-11-3-10-36-25(43)27(30,31)32)23(41)38-20-8-6-17(45-2)13-19(20)24(42)39-22-9-4-15(29)14-37-22/h4-9,12-14H,3,10-11H2,1-2H3,(H,36,43)(H,38,41)(H,37,39,42). The lowest BCUT2D eigenvalue weighted by molar-refractivity contribution is -0.173. The predicted octanol–water partition coefficient (Wildman–Crippen LogP) is 5.22. The molecule has 0 aliphatic heterocycles. The first kappa shape index (κ1) is 35.4. The molecule has 1 heterocycles. The Hall–Kier alpha value is -5.06. The molecular weight excluding hydrogens is 652 g/mol. The SMILES string of the molecule is COc1ccc(NC(=O)c2ccc(N(C)C(=O)C(F)(F)F)cc2OCCCNC(=O)C(F)(F)F)c(C(=O)Nc2ccc(Cl)cn2)c1. The Balaban J connectivity index is 1.89. The number of benzene rings is 2. The predicted molar refractivity (Wildman–Crippen MR) is 153 cm³/mol. The second-order valence-corrected chi connectivity index (χ2v) is 9.62. The molecule has 0 atom stereocenters. The van der Waals surface area contributed by atoms with Gasteiger partial charge in [-0.1, -0.05) is 11.6 Å². The lowest BCUT2D eigenvalue weighted by Gasteiger charge is -2.21. The number of anilines is 3. The Morgan fingerprint density at radius 3 is 2.20 bits per heavy atom. The Bertz CT molecular complexity index is 1600. The first-order valence-electron chi connectivity index (χ1n) is 12.9. The summed E-state index contributed by atoms with van der Waals surface area (Å²) in [6.45, 7) is -0.887. The van der Waals surface area contributed by atoms with Gasteiger partial charge in [0.1, 0.15) is 17.3 Å². The molecule has 0 radical (unpaired) electrons. The number of nitrogens with zero attached hydrogens (tertiary/aromatic N) is 2. The fourth-order valence-electron chi connectivity index (χ4n) is 3.66. The largest absolute Gasteiger partial charge is 0.497 e. The number of rotatable bonds is 11. The maximum Gasteiger partial charge on any atom is 0.471 e. The molecule has 4 amide bonds. The van der Waals surface area contributed by atoms with Crippen molar-refractivity contribution in [2.24, 2.45) is 0 Å². The zero-order valence-corrected chi connectivity index (χ0v) is 24.6. The van der Waals surface area contributed by atoms with Crippen LogP contribution in [0.25, 0.3) is 0 Å². The number of carbonyl (C=O) groups is 4. The van der Waals surface area contributed by atoms with E-state index in [1.54, 1.807) is 5.32 Å². The number of alkyl halides is 6. The molecule has 0 saturated carbocycles. The van der Waals surface area contributed by atoms with E-state index in [0.717, 1.165) is 25.2 Å². The van der Waals surface area contributed by atoms with Crippen LogP contribution in [0.5, 0.6) is 11.5 Å². The van der Waals surface area contributed by atoms with Gasteiger partial charge < -0.3 is 30.3 Å². The molecule has 3 rings (SSSR count). The maximum absolute atomic E-state index is 13.4. The van der Waals surface area contributed by atoms with Crippen LogP contribution in [0.3, 0.4) is 0 Å². The van der Waals surface area contributed by atoms with Gasteiger partial charge >= 0.3 is 24.2 Å². The minimum atomic E-state index is -5.23. The molecule has 18 heteroatoms. The summed E-state index contributed by atoms with van der Waals surface area (Å²) in [5.74, 6) is -6.03. The van der Waals surface area contributed by atoms with Crippen molar-refractivity contribution in [2.75, 3.05) is 42.8 Å². The number of aromatic nitrogens is 1. The van der Waals surface area contributed by atoms with E-state index in [-0.39, 0.29) is 51.1 Å². The number of nitrogens with one attached hydrogen (secondary N) is 3. The molecule has 2 aromatic carbocycles. The highest BCUT2D eigenvalue weighted by molar-refractivity contribution is 6.30. The second-order valence-electron chi connectivity index (χ2n) is 9.18. The van der Waals surface area contributed by atoms with Crippen LogP contribution in [0, 0.1) is 0 Å². The minimum Gasteiger partial charge on any atom is -0.497 e. The number of ether oxygens (including phenoxy) is 2. The van der Waals surface area contributed by atoms with Crippen molar-refractivity contribution < 1.29 is 55.0 Å². The zero-order valence-electron chi connectivity index (χ0n) is 23.8. The molecule has 0 aliphatic rings. The molecule has 246 valence electrons. The highest BCUT2D eigenvalue weighted by atomic mass is 35.5. The van der Waals surface area contributed by atoms with Crippen LogP contribution < -0.4 is 30.3 Å². The molecular formula is C28H24ClF6N5O6. The van der Waals surface area contributed by atoms with Gasteiger partial charge in [0.05, 0.1) is 35.6 Å². The Labute approximate surface area is 261 Å². The van der Waals surface area contributed by atoms with Gasteiger partial charge in [0.25, 0.3) is 11.8 Å². The number of pyridine rings is 1. The number of methoxy groups -OCH3 is 1. The van der Waals surface area contributed by atoms with Gasteiger partial charge in [-0.3, -0.25) is 19.2 Å². The van der Waals surface area contributed by atoms with Gasteiger partial charge in [-0.25, -0.2) is 4.98 Å². The second kappa shape index (κ2) is 14.8. The highest BCUT2D eigenvalue weighted by Crippen LogP contribution is 2.30. The van der Waals surface area contributed by atoms with E-state index < -0.39 is 49.1 Å². The third-order valence-electron chi connectivity index (χ3n) is 5.95. The zero-order chi connectivity index (χ0) is 34.2. The van der Waals surface area contributed by atoms with Gasteiger partial charge in [0.2, 0.25) is 0 Å². The summed E-state index contributed by atoms with van der Waals surface area (Å²) in [4.78, 5) is 53.5. The highest BCUT2D eigenvalue weighted by Gasteiger charge is 2.42. The van der Waals surface area contributed by atoms with Crippen LogP contribution in [0.1, 0.15) is 27.1 Å². The van der Waals surface area contributed by atoms with Crippen molar-refractivity contribution in [1.82, 2.24) is 10.3 Å². The van der Waals surface area contributed by atoms with E-state index in [1.807, 2.05) is 0 Å². The molecule has 0 aliphatic carbocycles. The third-order valence-corrected chi connectivity index (χ3v) is 6.18. The number of hydrogen-bond acceptors (Lipinski definition) is 7. The Kier molecular flexibility index (Phi) is 11.4. The van der Waals surface area contributed by atoms with Crippen molar-refractivity contribution in [1.29, 1.82) is 0 Å². The minimum absolute atomic E-state index is 0.0356. The summed E-state index contributed by atoms with van der Waals surface area (Å²) in [5.41, 5.74) is -0.734. The molecule has 0 unspecified atom stereocenters. The topological polar surface area (TPSA) is 139 Å². The molecule has 3 N–H and O–H groups in total. The normalized spacial score (nSPS) is 11.3. The van der Waals surface area contributed by atoms with Gasteiger partial charge in [0, 0.05) is 31.5 Å². The lowest BCUT2D eigenvalue weighted by Crippen LogP contribution is -2.38. The van der Waals surface area contributed by atoms with E-state index in [1.165, 1.54) is 43.6 Å². The van der Waals surface area contributed by atoms with Gasteiger partial charge in [-0.2, -0.15) is 26.3 Å². The van der Waals surface area contributed by atoms with Crippen molar-refractivity contribution in [3.8, 4) is 11.5 Å². The summed E-state index contributed by atoms with van der Waals surface area (Å²) < 4.78 is 87.0. The van der Waals surface area contributed by atoms with Crippen molar-refractivity contribution >= 4 is 52.4 Å². The maximum atomic E-state index is 13.4. The third kappa shape index (κ3) is 9.47. The summed E-state index contributed by atoms with van der Waals surface area (Å²) in [6, 6.07) is 10.0. The average Bonchev–Trinajstić information content (AvgIpc) is 3.00. The van der Waals surface area contributed by atoms with Crippen molar-refractivity contribution in [3.05, 3.63) is 70.9 Å².